The number of halogens is 2. The molecule has 1 aliphatic heterocycles. The summed E-state index contributed by atoms with van der Waals surface area (Å²) in [4.78, 5) is 6.67. The van der Waals surface area contributed by atoms with E-state index in [0.717, 1.165) is 40.3 Å². The smallest absolute Gasteiger partial charge is 0.229 e. The Labute approximate surface area is 237 Å². The van der Waals surface area contributed by atoms with Gasteiger partial charge < -0.3 is 14.8 Å². The molecular formula is C27H25Cl2N5O2S2. The van der Waals surface area contributed by atoms with Crippen molar-refractivity contribution in [1.82, 2.24) is 14.9 Å². The van der Waals surface area contributed by atoms with Crippen LogP contribution in [0.3, 0.4) is 0 Å². The lowest BCUT2D eigenvalue weighted by atomic mass is 9.96. The fourth-order valence-corrected chi connectivity index (χ4v) is 6.27. The SMILES string of the molecule is Cc1cc([C@@H]2[C@H](c3ccccn3)NC(=S)N2c2ccc(NS(C)(=O)=O)cc2)c(C)n1-c1cccc(Cl)c1Cl. The number of sulfonamides is 1. The molecule has 196 valence electrons. The van der Waals surface area contributed by atoms with Crippen LogP contribution in [-0.2, 0) is 10.0 Å². The number of aromatic nitrogens is 2. The summed E-state index contributed by atoms with van der Waals surface area (Å²) in [7, 11) is -3.39. The van der Waals surface area contributed by atoms with E-state index in [1.54, 1.807) is 24.4 Å². The lowest BCUT2D eigenvalue weighted by Gasteiger charge is -2.28. The highest BCUT2D eigenvalue weighted by Gasteiger charge is 2.42. The van der Waals surface area contributed by atoms with E-state index < -0.39 is 10.0 Å². The molecular weight excluding hydrogens is 561 g/mol. The summed E-state index contributed by atoms with van der Waals surface area (Å²) in [5.74, 6) is 0. The minimum absolute atomic E-state index is 0.235. The van der Waals surface area contributed by atoms with Gasteiger partial charge in [0, 0.05) is 29.0 Å². The van der Waals surface area contributed by atoms with Gasteiger partial charge in [-0.25, -0.2) is 8.42 Å². The summed E-state index contributed by atoms with van der Waals surface area (Å²) in [6, 6.07) is 20.2. The maximum Gasteiger partial charge on any atom is 0.229 e. The molecule has 0 bridgehead atoms. The van der Waals surface area contributed by atoms with Crippen LogP contribution in [0.15, 0.2) is 72.9 Å². The van der Waals surface area contributed by atoms with Crippen molar-refractivity contribution in [2.75, 3.05) is 15.9 Å². The monoisotopic (exact) mass is 585 g/mol. The molecule has 38 heavy (non-hydrogen) atoms. The van der Waals surface area contributed by atoms with Crippen molar-refractivity contribution in [3.05, 3.63) is 106 Å². The van der Waals surface area contributed by atoms with Gasteiger partial charge in [0.15, 0.2) is 5.11 Å². The Morgan fingerprint density at radius 2 is 1.76 bits per heavy atom. The average molecular weight is 587 g/mol. The van der Waals surface area contributed by atoms with Crippen molar-refractivity contribution in [1.29, 1.82) is 0 Å². The maximum absolute atomic E-state index is 11.7. The molecule has 0 spiro atoms. The third kappa shape index (κ3) is 4.99. The van der Waals surface area contributed by atoms with Gasteiger partial charge >= 0.3 is 0 Å². The zero-order valence-electron chi connectivity index (χ0n) is 20.8. The fourth-order valence-electron chi connectivity index (χ4n) is 4.98. The Kier molecular flexibility index (Phi) is 7.13. The number of nitrogens with one attached hydrogen (secondary N) is 2. The van der Waals surface area contributed by atoms with E-state index in [1.807, 2.05) is 61.2 Å². The van der Waals surface area contributed by atoms with Crippen molar-refractivity contribution in [2.24, 2.45) is 0 Å². The molecule has 2 aromatic carbocycles. The van der Waals surface area contributed by atoms with Gasteiger partial charge in [-0.05, 0) is 86.2 Å². The van der Waals surface area contributed by atoms with E-state index in [1.165, 1.54) is 0 Å². The number of nitrogens with zero attached hydrogens (tertiary/aromatic N) is 3. The van der Waals surface area contributed by atoms with Gasteiger partial charge in [-0.2, -0.15) is 0 Å². The molecule has 0 aliphatic carbocycles. The maximum atomic E-state index is 11.7. The summed E-state index contributed by atoms with van der Waals surface area (Å²) in [6.45, 7) is 4.08. The van der Waals surface area contributed by atoms with Crippen molar-refractivity contribution in [2.45, 2.75) is 25.9 Å². The topological polar surface area (TPSA) is 79.3 Å². The molecule has 2 aromatic heterocycles. The van der Waals surface area contributed by atoms with Crippen molar-refractivity contribution >= 4 is 61.9 Å². The van der Waals surface area contributed by atoms with E-state index in [4.69, 9.17) is 35.4 Å². The molecule has 1 aliphatic rings. The van der Waals surface area contributed by atoms with Crippen LogP contribution >= 0.6 is 35.4 Å². The number of pyridine rings is 1. The molecule has 0 amide bonds. The van der Waals surface area contributed by atoms with Crippen LogP contribution in [0, 0.1) is 13.8 Å². The molecule has 4 aromatic rings. The first-order valence-corrected chi connectivity index (χ1v) is 14.8. The number of hydrogen-bond acceptors (Lipinski definition) is 4. The minimum Gasteiger partial charge on any atom is -0.351 e. The first-order chi connectivity index (χ1) is 18.0. The Balaban J connectivity index is 1.65. The third-order valence-corrected chi connectivity index (χ3v) is 8.24. The normalized spacial score (nSPS) is 17.5. The molecule has 1 saturated heterocycles. The van der Waals surface area contributed by atoms with Crippen LogP contribution in [0.4, 0.5) is 11.4 Å². The molecule has 0 unspecified atom stereocenters. The fraction of sp³-hybridized carbons (Fsp3) is 0.185. The van der Waals surface area contributed by atoms with Gasteiger partial charge in [-0.1, -0.05) is 35.3 Å². The number of anilines is 2. The van der Waals surface area contributed by atoms with E-state index >= 15 is 0 Å². The van der Waals surface area contributed by atoms with E-state index in [0.29, 0.717) is 20.8 Å². The predicted molar refractivity (Wildman–Crippen MR) is 158 cm³/mol. The summed E-state index contributed by atoms with van der Waals surface area (Å²) in [5.41, 5.74) is 5.96. The average Bonchev–Trinajstić information content (AvgIpc) is 3.36. The quantitative estimate of drug-likeness (QED) is 0.257. The number of rotatable bonds is 6. The molecule has 7 nitrogen and oxygen atoms in total. The lowest BCUT2D eigenvalue weighted by Crippen LogP contribution is -2.29. The number of benzene rings is 2. The van der Waals surface area contributed by atoms with Crippen molar-refractivity contribution < 1.29 is 8.42 Å². The molecule has 0 radical (unpaired) electrons. The first kappa shape index (κ1) is 26.5. The van der Waals surface area contributed by atoms with Crippen LogP contribution in [-0.4, -0.2) is 29.3 Å². The Morgan fingerprint density at radius 1 is 1.03 bits per heavy atom. The Hall–Kier alpha value is -3.11. The van der Waals surface area contributed by atoms with E-state index in [-0.39, 0.29) is 12.1 Å². The zero-order valence-corrected chi connectivity index (χ0v) is 24.0. The van der Waals surface area contributed by atoms with Crippen LogP contribution in [0.25, 0.3) is 5.69 Å². The van der Waals surface area contributed by atoms with Crippen LogP contribution in [0.2, 0.25) is 10.0 Å². The minimum atomic E-state index is -3.39. The standard InChI is InChI=1S/C27H25Cl2N5O2S2/c1-16-15-20(17(2)33(16)23-9-6-7-21(28)24(23)29)26-25(22-8-4-5-14-30-22)31-27(37)34(26)19-12-10-18(11-13-19)32-38(3,35)36/h4-15,25-26,32H,1-3H3,(H,31,37)/t25-,26+/m0/s1. The Morgan fingerprint density at radius 3 is 2.42 bits per heavy atom. The largest absolute Gasteiger partial charge is 0.351 e. The van der Waals surface area contributed by atoms with E-state index in [9.17, 15) is 8.42 Å². The van der Waals surface area contributed by atoms with E-state index in [2.05, 4.69) is 25.7 Å². The van der Waals surface area contributed by atoms with Crippen molar-refractivity contribution in [3.63, 3.8) is 0 Å². The molecule has 2 N–H and O–H groups in total. The summed E-state index contributed by atoms with van der Waals surface area (Å²) in [5, 5.41) is 4.97. The van der Waals surface area contributed by atoms with Gasteiger partial charge in [0.25, 0.3) is 0 Å². The van der Waals surface area contributed by atoms with Crippen LogP contribution < -0.4 is 14.9 Å². The molecule has 1 fully saturated rings. The highest BCUT2D eigenvalue weighted by molar-refractivity contribution is 7.92. The molecule has 3 heterocycles. The van der Waals surface area contributed by atoms with Gasteiger partial charge in [-0.3, -0.25) is 9.71 Å². The summed E-state index contributed by atoms with van der Waals surface area (Å²) in [6.07, 6.45) is 2.89. The highest BCUT2D eigenvalue weighted by Crippen LogP contribution is 2.44. The van der Waals surface area contributed by atoms with Crippen LogP contribution in [0.1, 0.15) is 34.7 Å². The van der Waals surface area contributed by atoms with Gasteiger partial charge in [0.05, 0.1) is 39.8 Å². The predicted octanol–water partition coefficient (Wildman–Crippen LogP) is 6.34. The van der Waals surface area contributed by atoms with Gasteiger partial charge in [0.2, 0.25) is 10.0 Å². The number of hydrogen-bond donors (Lipinski definition) is 2. The number of aryl methyl sites for hydroxylation is 1. The number of thiocarbonyl (C=S) groups is 1. The second-order valence-corrected chi connectivity index (χ2v) is 12.1. The second-order valence-electron chi connectivity index (χ2n) is 9.15. The second kappa shape index (κ2) is 10.2. The van der Waals surface area contributed by atoms with Gasteiger partial charge in [-0.15, -0.1) is 0 Å². The molecule has 0 saturated carbocycles. The lowest BCUT2D eigenvalue weighted by molar-refractivity contribution is 0.565. The zero-order chi connectivity index (χ0) is 27.2. The summed E-state index contributed by atoms with van der Waals surface area (Å²) < 4.78 is 28.0. The molecule has 2 atom stereocenters. The Bertz CT molecular complexity index is 1620. The molecule has 11 heteroatoms. The third-order valence-electron chi connectivity index (χ3n) is 6.51. The summed E-state index contributed by atoms with van der Waals surface area (Å²) >= 11 is 18.8. The van der Waals surface area contributed by atoms with Gasteiger partial charge in [0.1, 0.15) is 0 Å². The van der Waals surface area contributed by atoms with Crippen LogP contribution in [0.5, 0.6) is 0 Å². The van der Waals surface area contributed by atoms with Crippen molar-refractivity contribution in [3.8, 4) is 5.69 Å². The molecule has 5 rings (SSSR count). The first-order valence-electron chi connectivity index (χ1n) is 11.8. The highest BCUT2D eigenvalue weighted by atomic mass is 35.5.